The molecule has 6 atom stereocenters. The number of carbonyl (C=O) groups is 2. The zero-order valence-corrected chi connectivity index (χ0v) is 25.5. The number of rotatable bonds is 8. The molecule has 232 valence electrons. The van der Waals surface area contributed by atoms with Gasteiger partial charge in [-0.1, -0.05) is 0 Å². The lowest BCUT2D eigenvalue weighted by Gasteiger charge is -2.35. The van der Waals surface area contributed by atoms with Crippen LogP contribution >= 0.6 is 0 Å². The molecular formula is C30H54N2O8. The number of hydrogen-bond acceptors (Lipinski definition) is 10. The summed E-state index contributed by atoms with van der Waals surface area (Å²) >= 11 is 0. The first-order valence-corrected chi connectivity index (χ1v) is 15.1. The minimum absolute atomic E-state index is 0.0509. The van der Waals surface area contributed by atoms with Crippen LogP contribution in [0.3, 0.4) is 0 Å². The summed E-state index contributed by atoms with van der Waals surface area (Å²) in [6, 6.07) is 0.167. The molecule has 0 aliphatic carbocycles. The SMILES string of the molecule is CC(C)(C)OC(=O)[C@@]12CCCN1[C@H](CCO)[C@H](CO)C2.CC(C)(C)OC(=O)[C@]12CCCN1[C@@H](CCO)[C@@H](CO)C2. The fourth-order valence-electron chi connectivity index (χ4n) is 7.62. The van der Waals surface area contributed by atoms with Gasteiger partial charge in [-0.2, -0.15) is 0 Å². The maximum absolute atomic E-state index is 12.7. The van der Waals surface area contributed by atoms with Crippen LogP contribution in [-0.2, 0) is 19.1 Å². The predicted octanol–water partition coefficient (Wildman–Crippen LogP) is 1.85. The van der Waals surface area contributed by atoms with E-state index in [0.29, 0.717) is 25.7 Å². The predicted molar refractivity (Wildman–Crippen MR) is 150 cm³/mol. The molecule has 40 heavy (non-hydrogen) atoms. The van der Waals surface area contributed by atoms with Crippen molar-refractivity contribution in [3.05, 3.63) is 0 Å². The maximum Gasteiger partial charge on any atom is 0.327 e. The molecule has 4 N–H and O–H groups in total. The van der Waals surface area contributed by atoms with Gasteiger partial charge in [-0.05, 0) is 118 Å². The third-order valence-corrected chi connectivity index (χ3v) is 9.04. The summed E-state index contributed by atoms with van der Waals surface area (Å²) in [5.74, 6) is -0.229. The highest BCUT2D eigenvalue weighted by atomic mass is 16.6. The normalized spacial score (nSPS) is 34.2. The number of carbonyl (C=O) groups excluding carboxylic acids is 2. The van der Waals surface area contributed by atoms with Crippen molar-refractivity contribution in [2.75, 3.05) is 39.5 Å². The van der Waals surface area contributed by atoms with Crippen molar-refractivity contribution in [3.8, 4) is 0 Å². The summed E-state index contributed by atoms with van der Waals surface area (Å²) in [5.41, 5.74) is -2.16. The van der Waals surface area contributed by atoms with Crippen molar-refractivity contribution in [3.63, 3.8) is 0 Å². The molecule has 4 rings (SSSR count). The number of ether oxygens (including phenoxy) is 2. The van der Waals surface area contributed by atoms with Gasteiger partial charge in [0, 0.05) is 38.5 Å². The van der Waals surface area contributed by atoms with E-state index in [1.54, 1.807) is 0 Å². The lowest BCUT2D eigenvalue weighted by Crippen LogP contribution is -2.51. The maximum atomic E-state index is 12.7. The third kappa shape index (κ3) is 6.84. The molecule has 0 saturated carbocycles. The fourth-order valence-corrected chi connectivity index (χ4v) is 7.62. The van der Waals surface area contributed by atoms with Crippen molar-refractivity contribution in [1.82, 2.24) is 9.80 Å². The van der Waals surface area contributed by atoms with Gasteiger partial charge >= 0.3 is 11.9 Å². The summed E-state index contributed by atoms with van der Waals surface area (Å²) in [7, 11) is 0. The molecule has 0 radical (unpaired) electrons. The van der Waals surface area contributed by atoms with Crippen molar-refractivity contribution < 1.29 is 39.5 Å². The molecule has 0 bridgehead atoms. The van der Waals surface area contributed by atoms with Crippen molar-refractivity contribution in [2.24, 2.45) is 11.8 Å². The van der Waals surface area contributed by atoms with Crippen molar-refractivity contribution in [1.29, 1.82) is 0 Å². The number of aliphatic hydroxyl groups is 4. The highest BCUT2D eigenvalue weighted by molar-refractivity contribution is 5.83. The average molecular weight is 571 g/mol. The fraction of sp³-hybridized carbons (Fsp3) is 0.933. The summed E-state index contributed by atoms with van der Waals surface area (Å²) in [6.45, 7) is 13.3. The minimum atomic E-state index is -0.583. The zero-order chi connectivity index (χ0) is 29.9. The Hall–Kier alpha value is -1.30. The Morgan fingerprint density at radius 2 is 1.05 bits per heavy atom. The molecule has 0 amide bonds. The molecule has 0 unspecified atom stereocenters. The second-order valence-corrected chi connectivity index (χ2v) is 14.1. The monoisotopic (exact) mass is 570 g/mol. The van der Waals surface area contributed by atoms with Crippen molar-refractivity contribution in [2.45, 2.75) is 127 Å². The number of nitrogens with zero attached hydrogens (tertiary/aromatic N) is 2. The van der Waals surface area contributed by atoms with E-state index >= 15 is 0 Å². The van der Waals surface area contributed by atoms with E-state index in [0.717, 1.165) is 38.8 Å². The van der Waals surface area contributed by atoms with Crippen LogP contribution in [0.25, 0.3) is 0 Å². The van der Waals surface area contributed by atoms with E-state index in [4.69, 9.17) is 9.47 Å². The van der Waals surface area contributed by atoms with Crippen LogP contribution in [0.1, 0.15) is 92.9 Å². The van der Waals surface area contributed by atoms with E-state index < -0.39 is 22.3 Å². The van der Waals surface area contributed by atoms with Gasteiger partial charge in [0.15, 0.2) is 0 Å². The molecule has 0 aromatic rings. The second kappa shape index (κ2) is 12.9. The standard InChI is InChI=1S/2C15H27NO4/c2*1-14(2,3)20-13(19)15-6-4-7-16(15)12(5-8-17)11(9-15)10-18/h2*11-12,17-18H,4-10H2,1-3H3/t2*11-,12+,15-/m10/s1. The lowest BCUT2D eigenvalue weighted by atomic mass is 9.88. The number of esters is 2. The summed E-state index contributed by atoms with van der Waals surface area (Å²) in [5, 5.41) is 37.7. The van der Waals surface area contributed by atoms with E-state index in [-0.39, 0.29) is 62.3 Å². The third-order valence-electron chi connectivity index (χ3n) is 9.04. The Morgan fingerprint density at radius 1 is 0.700 bits per heavy atom. The first-order valence-electron chi connectivity index (χ1n) is 15.1. The Balaban J connectivity index is 0.000000220. The van der Waals surface area contributed by atoms with Crippen molar-refractivity contribution >= 4 is 11.9 Å². The molecule has 0 spiro atoms. The molecule has 4 aliphatic rings. The molecule has 0 aromatic carbocycles. The second-order valence-electron chi connectivity index (χ2n) is 14.1. The largest absolute Gasteiger partial charge is 0.459 e. The zero-order valence-electron chi connectivity index (χ0n) is 25.5. The lowest BCUT2D eigenvalue weighted by molar-refractivity contribution is -0.168. The molecule has 0 aromatic heterocycles. The van der Waals surface area contributed by atoms with Crippen LogP contribution in [-0.4, -0.2) is 116 Å². The molecular weight excluding hydrogens is 516 g/mol. The van der Waals surface area contributed by atoms with Gasteiger partial charge < -0.3 is 29.9 Å². The molecule has 10 nitrogen and oxygen atoms in total. The van der Waals surface area contributed by atoms with E-state index in [9.17, 15) is 30.0 Å². The molecule has 4 saturated heterocycles. The molecule has 4 aliphatic heterocycles. The number of aliphatic hydroxyl groups excluding tert-OH is 4. The van der Waals surface area contributed by atoms with Crippen LogP contribution in [0, 0.1) is 11.8 Å². The first-order chi connectivity index (χ1) is 18.7. The van der Waals surface area contributed by atoms with Gasteiger partial charge in [-0.15, -0.1) is 0 Å². The Morgan fingerprint density at radius 3 is 1.32 bits per heavy atom. The Labute approximate surface area is 240 Å². The molecule has 4 heterocycles. The van der Waals surface area contributed by atoms with E-state index in [1.807, 2.05) is 41.5 Å². The first kappa shape index (κ1) is 33.2. The Bertz CT molecular complexity index is 801. The van der Waals surface area contributed by atoms with Gasteiger partial charge in [-0.25, -0.2) is 0 Å². The van der Waals surface area contributed by atoms with Gasteiger partial charge in [-0.3, -0.25) is 19.4 Å². The molecule has 4 fully saturated rings. The smallest absolute Gasteiger partial charge is 0.327 e. The summed E-state index contributed by atoms with van der Waals surface area (Å²) in [4.78, 5) is 29.7. The van der Waals surface area contributed by atoms with Gasteiger partial charge in [0.1, 0.15) is 22.3 Å². The van der Waals surface area contributed by atoms with Crippen LogP contribution < -0.4 is 0 Å². The van der Waals surface area contributed by atoms with E-state index in [2.05, 4.69) is 9.80 Å². The highest BCUT2D eigenvalue weighted by Crippen LogP contribution is 2.48. The summed E-state index contributed by atoms with van der Waals surface area (Å²) in [6.07, 6.45) is 6.02. The topological polar surface area (TPSA) is 140 Å². The van der Waals surface area contributed by atoms with Crippen LogP contribution in [0.15, 0.2) is 0 Å². The number of hydrogen-bond donors (Lipinski definition) is 4. The average Bonchev–Trinajstić information content (AvgIpc) is 3.58. The van der Waals surface area contributed by atoms with Crippen LogP contribution in [0.5, 0.6) is 0 Å². The summed E-state index contributed by atoms with van der Waals surface area (Å²) < 4.78 is 11.2. The molecule has 10 heteroatoms. The van der Waals surface area contributed by atoms with Gasteiger partial charge in [0.25, 0.3) is 0 Å². The minimum Gasteiger partial charge on any atom is -0.459 e. The van der Waals surface area contributed by atoms with Crippen LogP contribution in [0.2, 0.25) is 0 Å². The Kier molecular flexibility index (Phi) is 10.7. The van der Waals surface area contributed by atoms with Gasteiger partial charge in [0.05, 0.1) is 0 Å². The number of fused-ring (bicyclic) bond motifs is 2. The van der Waals surface area contributed by atoms with E-state index in [1.165, 1.54) is 0 Å². The van der Waals surface area contributed by atoms with Gasteiger partial charge in [0.2, 0.25) is 0 Å². The quantitative estimate of drug-likeness (QED) is 0.320. The van der Waals surface area contributed by atoms with Crippen LogP contribution in [0.4, 0.5) is 0 Å². The highest BCUT2D eigenvalue weighted by Gasteiger charge is 2.60.